The lowest BCUT2D eigenvalue weighted by Gasteiger charge is -2.30. The average molecular weight is 486 g/mol. The fourth-order valence-corrected chi connectivity index (χ4v) is 4.67. The number of anilines is 3. The molecule has 0 spiro atoms. The summed E-state index contributed by atoms with van der Waals surface area (Å²) in [6.45, 7) is 0.635. The van der Waals surface area contributed by atoms with E-state index in [0.29, 0.717) is 34.2 Å². The first-order chi connectivity index (χ1) is 15.9. The fraction of sp³-hybridized carbons (Fsp3) is 0.360. The van der Waals surface area contributed by atoms with Crippen molar-refractivity contribution < 1.29 is 4.79 Å². The maximum Gasteiger partial charge on any atom is 0.319 e. The highest BCUT2D eigenvalue weighted by Gasteiger charge is 2.22. The molecule has 0 unspecified atom stereocenters. The lowest BCUT2D eigenvalue weighted by Crippen LogP contribution is -2.36. The molecule has 33 heavy (non-hydrogen) atoms. The molecule has 0 radical (unpaired) electrons. The summed E-state index contributed by atoms with van der Waals surface area (Å²) in [6.07, 6.45) is 4.17. The Morgan fingerprint density at radius 3 is 2.58 bits per heavy atom. The highest BCUT2D eigenvalue weighted by molar-refractivity contribution is 6.43. The number of nitrogens with zero attached hydrogens (tertiary/aromatic N) is 2. The number of benzene rings is 2. The highest BCUT2D eigenvalue weighted by Crippen LogP contribution is 2.31. The van der Waals surface area contributed by atoms with E-state index in [2.05, 4.69) is 53.1 Å². The van der Waals surface area contributed by atoms with E-state index in [4.69, 9.17) is 28.2 Å². The van der Waals surface area contributed by atoms with Crippen molar-refractivity contribution in [2.75, 3.05) is 36.2 Å². The standard InChI is InChI=1S/C25H29Cl2N5O/c1-32(2)22-14-23(30-20-8-4-3-6-18(20)22)29-17-12-10-16(11-13-17)15-28-25(33)31-21-9-5-7-19(26)24(21)27/h3-9,14,16-17H,10-13,15H2,1-2H3,(H,29,30)(H2,28,31,33)/t16-,17+. The first kappa shape index (κ1) is 23.5. The van der Waals surface area contributed by atoms with Gasteiger partial charge in [-0.25, -0.2) is 9.78 Å². The molecule has 1 aromatic heterocycles. The zero-order chi connectivity index (χ0) is 23.4. The molecule has 2 amide bonds. The lowest BCUT2D eigenvalue weighted by atomic mass is 9.86. The van der Waals surface area contributed by atoms with Crippen molar-refractivity contribution in [1.29, 1.82) is 0 Å². The predicted octanol–water partition coefficient (Wildman–Crippen LogP) is 6.40. The van der Waals surface area contributed by atoms with E-state index in [1.807, 2.05) is 12.1 Å². The molecular weight excluding hydrogens is 457 g/mol. The van der Waals surface area contributed by atoms with Crippen LogP contribution >= 0.6 is 23.2 Å². The number of hydrogen-bond acceptors (Lipinski definition) is 4. The summed E-state index contributed by atoms with van der Waals surface area (Å²) in [5.41, 5.74) is 2.66. The van der Waals surface area contributed by atoms with E-state index in [-0.39, 0.29) is 6.03 Å². The van der Waals surface area contributed by atoms with Crippen molar-refractivity contribution in [3.63, 3.8) is 0 Å². The molecule has 174 valence electrons. The summed E-state index contributed by atoms with van der Waals surface area (Å²) in [7, 11) is 4.11. The molecule has 4 rings (SSSR count). The zero-order valence-corrected chi connectivity index (χ0v) is 20.4. The van der Waals surface area contributed by atoms with E-state index >= 15 is 0 Å². The van der Waals surface area contributed by atoms with Gasteiger partial charge in [0.05, 0.1) is 21.2 Å². The van der Waals surface area contributed by atoms with Crippen molar-refractivity contribution in [2.45, 2.75) is 31.7 Å². The minimum atomic E-state index is -0.268. The Bertz CT molecular complexity index is 1130. The van der Waals surface area contributed by atoms with Crippen molar-refractivity contribution >= 4 is 57.3 Å². The van der Waals surface area contributed by atoms with E-state index in [0.717, 1.165) is 48.1 Å². The number of halogens is 2. The van der Waals surface area contributed by atoms with Crippen LogP contribution < -0.4 is 20.9 Å². The minimum absolute atomic E-state index is 0.268. The molecule has 8 heteroatoms. The second-order valence-corrected chi connectivity index (χ2v) is 9.52. The summed E-state index contributed by atoms with van der Waals surface area (Å²) in [4.78, 5) is 19.2. The van der Waals surface area contributed by atoms with Gasteiger partial charge in [0, 0.05) is 43.8 Å². The van der Waals surface area contributed by atoms with Gasteiger partial charge in [-0.05, 0) is 49.8 Å². The monoisotopic (exact) mass is 485 g/mol. The van der Waals surface area contributed by atoms with Gasteiger partial charge in [0.15, 0.2) is 0 Å². The molecule has 0 atom stereocenters. The molecule has 1 saturated carbocycles. The van der Waals surface area contributed by atoms with Crippen molar-refractivity contribution in [1.82, 2.24) is 10.3 Å². The van der Waals surface area contributed by atoms with Crippen LogP contribution in [-0.2, 0) is 0 Å². The predicted molar refractivity (Wildman–Crippen MR) is 139 cm³/mol. The molecule has 0 bridgehead atoms. The molecule has 3 N–H and O–H groups in total. The van der Waals surface area contributed by atoms with E-state index in [1.54, 1.807) is 18.2 Å². The summed E-state index contributed by atoms with van der Waals surface area (Å²) in [5.74, 6) is 1.36. The maximum absolute atomic E-state index is 12.3. The number of para-hydroxylation sites is 1. The molecule has 1 heterocycles. The van der Waals surface area contributed by atoms with Gasteiger partial charge in [-0.1, -0.05) is 47.5 Å². The van der Waals surface area contributed by atoms with Crippen molar-refractivity contribution in [3.8, 4) is 0 Å². The quantitative estimate of drug-likeness (QED) is 0.377. The Balaban J connectivity index is 1.28. The molecule has 6 nitrogen and oxygen atoms in total. The lowest BCUT2D eigenvalue weighted by molar-refractivity contribution is 0.246. The number of carbonyl (C=O) groups is 1. The van der Waals surface area contributed by atoms with Gasteiger partial charge in [0.2, 0.25) is 0 Å². The summed E-state index contributed by atoms with van der Waals surface area (Å²) in [6, 6.07) is 15.6. The number of carbonyl (C=O) groups excluding carboxylic acids is 1. The van der Waals surface area contributed by atoms with E-state index < -0.39 is 0 Å². The Labute approximate surface area is 204 Å². The number of amides is 2. The molecule has 0 aliphatic heterocycles. The molecule has 3 aromatic rings. The Kier molecular flexibility index (Phi) is 7.46. The van der Waals surface area contributed by atoms with Crippen LogP contribution in [0.15, 0.2) is 48.5 Å². The zero-order valence-electron chi connectivity index (χ0n) is 18.9. The van der Waals surface area contributed by atoms with Crippen LogP contribution in [0.1, 0.15) is 25.7 Å². The summed E-state index contributed by atoms with van der Waals surface area (Å²) < 4.78 is 0. The second kappa shape index (κ2) is 10.5. The number of pyridine rings is 1. The van der Waals surface area contributed by atoms with Crippen LogP contribution in [-0.4, -0.2) is 37.7 Å². The number of fused-ring (bicyclic) bond motifs is 1. The third-order valence-corrected chi connectivity index (χ3v) is 6.94. The van der Waals surface area contributed by atoms with Gasteiger partial charge >= 0.3 is 6.03 Å². The normalized spacial score (nSPS) is 18.1. The van der Waals surface area contributed by atoms with Gasteiger partial charge < -0.3 is 20.9 Å². The van der Waals surface area contributed by atoms with Gasteiger partial charge in [-0.3, -0.25) is 0 Å². The van der Waals surface area contributed by atoms with Crippen LogP contribution in [0.25, 0.3) is 10.9 Å². The fourth-order valence-electron chi connectivity index (χ4n) is 4.32. The summed E-state index contributed by atoms with van der Waals surface area (Å²) >= 11 is 12.1. The Hall–Kier alpha value is -2.70. The largest absolute Gasteiger partial charge is 0.377 e. The number of urea groups is 1. The van der Waals surface area contributed by atoms with E-state index in [9.17, 15) is 4.79 Å². The molecule has 2 aromatic carbocycles. The molecule has 1 fully saturated rings. The first-order valence-corrected chi connectivity index (χ1v) is 12.0. The molecule has 1 aliphatic carbocycles. The SMILES string of the molecule is CN(C)c1cc(N[C@H]2CC[C@@H](CNC(=O)Nc3cccc(Cl)c3Cl)CC2)nc2ccccc12. The minimum Gasteiger partial charge on any atom is -0.377 e. The van der Waals surface area contributed by atoms with Gasteiger partial charge in [0.25, 0.3) is 0 Å². The maximum atomic E-state index is 12.3. The van der Waals surface area contributed by atoms with Crippen molar-refractivity contribution in [2.24, 2.45) is 5.92 Å². The van der Waals surface area contributed by atoms with Crippen LogP contribution in [0.3, 0.4) is 0 Å². The average Bonchev–Trinajstić information content (AvgIpc) is 2.81. The highest BCUT2D eigenvalue weighted by atomic mass is 35.5. The van der Waals surface area contributed by atoms with Crippen LogP contribution in [0, 0.1) is 5.92 Å². The third-order valence-electron chi connectivity index (χ3n) is 6.13. The number of rotatable bonds is 6. The van der Waals surface area contributed by atoms with Crippen LogP contribution in [0.5, 0.6) is 0 Å². The topological polar surface area (TPSA) is 69.3 Å². The molecular formula is C25H29Cl2N5O. The van der Waals surface area contributed by atoms with E-state index in [1.165, 1.54) is 0 Å². The Morgan fingerprint density at radius 1 is 1.06 bits per heavy atom. The summed E-state index contributed by atoms with van der Waals surface area (Å²) in [5, 5.41) is 11.3. The molecule has 0 saturated heterocycles. The number of aromatic nitrogens is 1. The second-order valence-electron chi connectivity index (χ2n) is 8.74. The third kappa shape index (κ3) is 5.81. The molecule has 1 aliphatic rings. The number of nitrogens with one attached hydrogen (secondary N) is 3. The van der Waals surface area contributed by atoms with Crippen molar-refractivity contribution in [3.05, 3.63) is 58.6 Å². The van der Waals surface area contributed by atoms with Gasteiger partial charge in [-0.15, -0.1) is 0 Å². The van der Waals surface area contributed by atoms with Crippen LogP contribution in [0.2, 0.25) is 10.0 Å². The van der Waals surface area contributed by atoms with Gasteiger partial charge in [-0.2, -0.15) is 0 Å². The Morgan fingerprint density at radius 2 is 1.82 bits per heavy atom. The van der Waals surface area contributed by atoms with Gasteiger partial charge in [0.1, 0.15) is 5.82 Å². The smallest absolute Gasteiger partial charge is 0.319 e. The number of hydrogen-bond donors (Lipinski definition) is 3. The first-order valence-electron chi connectivity index (χ1n) is 11.2. The van der Waals surface area contributed by atoms with Crippen LogP contribution in [0.4, 0.5) is 22.0 Å².